The predicted molar refractivity (Wildman–Crippen MR) is 339 cm³/mol. The lowest BCUT2D eigenvalue weighted by atomic mass is 10.2. The van der Waals surface area contributed by atoms with Crippen LogP contribution in [0.2, 0.25) is 36.5 Å². The number of carbonyl (C=O) groups excluding carboxylic acids is 2. The number of fused-ring (bicyclic) bond motifs is 3. The highest BCUT2D eigenvalue weighted by atomic mass is 35.5. The van der Waals surface area contributed by atoms with Crippen molar-refractivity contribution in [3.8, 4) is 40.4 Å². The molecule has 0 unspecified atom stereocenters. The molecule has 9 aromatic rings. The topological polar surface area (TPSA) is 327 Å². The molecule has 3 aliphatic rings. The number of H-pyrrole nitrogens is 1. The Bertz CT molecular complexity index is 3640. The van der Waals surface area contributed by atoms with Crippen LogP contribution in [0.15, 0.2) is 116 Å². The molecule has 0 spiro atoms. The quantitative estimate of drug-likeness (QED) is 0.0470. The molecule has 32 heteroatoms. The van der Waals surface area contributed by atoms with E-state index in [1.54, 1.807) is 67.1 Å². The molecule has 2 amide bonds. The lowest BCUT2D eigenvalue weighted by Crippen LogP contribution is -2.23. The van der Waals surface area contributed by atoms with Gasteiger partial charge in [0.25, 0.3) is 0 Å². The average molecular weight is 1380 g/mol. The van der Waals surface area contributed by atoms with Gasteiger partial charge in [0.1, 0.15) is 26.9 Å². The molecule has 25 nitrogen and oxygen atoms in total. The summed E-state index contributed by atoms with van der Waals surface area (Å²) in [4.78, 5) is 76.0. The Morgan fingerprint density at radius 2 is 0.967 bits per heavy atom. The van der Waals surface area contributed by atoms with Gasteiger partial charge in [0.2, 0.25) is 54.0 Å². The zero-order chi connectivity index (χ0) is 62.8. The van der Waals surface area contributed by atoms with Crippen LogP contribution in [0.5, 0.6) is 34.5 Å². The fraction of sp³-hybridized carbons (Fsp3) is 0.259. The van der Waals surface area contributed by atoms with Gasteiger partial charge in [0.15, 0.2) is 34.5 Å². The van der Waals surface area contributed by atoms with Crippen LogP contribution in [0.25, 0.3) is 5.95 Å². The van der Waals surface area contributed by atoms with Crippen LogP contribution < -0.4 is 44.8 Å². The Labute approximate surface area is 552 Å². The summed E-state index contributed by atoms with van der Waals surface area (Å²) in [6, 6.07) is 23.3. The maximum Gasteiger partial charge on any atom is 0.303 e. The number of nitrogens with one attached hydrogen (secondary N) is 3. The number of carbonyl (C=O) groups is 3. The van der Waals surface area contributed by atoms with Crippen LogP contribution in [-0.4, -0.2) is 103 Å². The van der Waals surface area contributed by atoms with Crippen molar-refractivity contribution in [2.75, 3.05) is 20.4 Å². The maximum atomic E-state index is 12.2. The number of halogens is 7. The molecule has 12 rings (SSSR count). The fourth-order valence-electron chi connectivity index (χ4n) is 7.37. The van der Waals surface area contributed by atoms with E-state index in [0.717, 1.165) is 45.4 Å². The van der Waals surface area contributed by atoms with Crippen molar-refractivity contribution in [3.05, 3.63) is 192 Å². The van der Waals surface area contributed by atoms with Gasteiger partial charge in [-0.2, -0.15) is 0 Å². The summed E-state index contributed by atoms with van der Waals surface area (Å²) in [6.07, 6.45) is 11.8. The summed E-state index contributed by atoms with van der Waals surface area (Å²) in [7, 11) is 0. The molecular weight excluding hydrogens is 1310 g/mol. The zero-order valence-electron chi connectivity index (χ0n) is 46.2. The molecule has 0 aliphatic carbocycles. The largest absolute Gasteiger partial charge is 0.481 e. The van der Waals surface area contributed by atoms with Crippen LogP contribution in [0, 0.1) is 6.92 Å². The van der Waals surface area contributed by atoms with Gasteiger partial charge in [-0.25, -0.2) is 49.8 Å². The molecule has 0 radical (unpaired) electrons. The minimum absolute atomic E-state index is 0. The van der Waals surface area contributed by atoms with Crippen molar-refractivity contribution in [2.24, 2.45) is 5.73 Å². The predicted octanol–water partition coefficient (Wildman–Crippen LogP) is 11.5. The van der Waals surface area contributed by atoms with Crippen molar-refractivity contribution in [2.45, 2.75) is 79.9 Å². The maximum absolute atomic E-state index is 12.2. The van der Waals surface area contributed by atoms with Gasteiger partial charge in [-0.15, -0.1) is 0 Å². The van der Waals surface area contributed by atoms with Gasteiger partial charge >= 0.3 is 5.97 Å². The summed E-state index contributed by atoms with van der Waals surface area (Å²) in [6.45, 7) is 3.96. The van der Waals surface area contributed by atoms with E-state index in [-0.39, 0.29) is 79.3 Å². The first kappa shape index (κ1) is 72.3. The molecule has 0 saturated heterocycles. The number of imidazole rings is 2. The van der Waals surface area contributed by atoms with Crippen molar-refractivity contribution >= 4 is 99.0 Å². The van der Waals surface area contributed by atoms with Crippen molar-refractivity contribution in [3.63, 3.8) is 0 Å². The third-order valence-electron chi connectivity index (χ3n) is 11.5. The highest BCUT2D eigenvalue weighted by Crippen LogP contribution is 2.34. The van der Waals surface area contributed by atoms with Gasteiger partial charge in [0, 0.05) is 86.5 Å². The van der Waals surface area contributed by atoms with E-state index in [1.165, 1.54) is 6.07 Å². The molecule has 6 N–H and O–H groups in total. The number of hydrogen-bond donors (Lipinski definition) is 5. The number of carboxylic acid groups (broad SMARTS) is 1. The number of ether oxygens (including phenoxy) is 6. The Morgan fingerprint density at radius 3 is 1.37 bits per heavy atom. The van der Waals surface area contributed by atoms with Crippen LogP contribution in [0.1, 0.15) is 73.6 Å². The summed E-state index contributed by atoms with van der Waals surface area (Å²) < 4.78 is 33.1. The lowest BCUT2D eigenvalue weighted by molar-refractivity contribution is -0.137. The minimum Gasteiger partial charge on any atom is -0.481 e. The zero-order valence-corrected chi connectivity index (χ0v) is 51.5. The van der Waals surface area contributed by atoms with E-state index in [4.69, 9.17) is 120 Å². The average Bonchev–Trinajstić information content (AvgIpc) is 2.31. The van der Waals surface area contributed by atoms with Crippen molar-refractivity contribution < 1.29 is 47.9 Å². The molecular formula is C58H60Cl7N15O10. The Kier molecular flexibility index (Phi) is 30.2. The summed E-state index contributed by atoms with van der Waals surface area (Å²) in [5.41, 5.74) is 11.0. The van der Waals surface area contributed by atoms with Crippen molar-refractivity contribution in [1.29, 1.82) is 0 Å². The summed E-state index contributed by atoms with van der Waals surface area (Å²) >= 11 is 39.6. The number of benzene rings is 3. The number of aromatic nitrogens is 12. The molecule has 476 valence electrons. The second-order valence-electron chi connectivity index (χ2n) is 17.9. The number of aryl methyl sites for hydroxylation is 4. The summed E-state index contributed by atoms with van der Waals surface area (Å²) in [5, 5.41) is 15.6. The second-order valence-corrected chi connectivity index (χ2v) is 20.5. The molecule has 0 bridgehead atoms. The number of nitrogens with zero attached hydrogens (tertiary/aromatic N) is 11. The number of hydrogen-bond acceptors (Lipinski definition) is 20. The van der Waals surface area contributed by atoms with E-state index >= 15 is 0 Å². The monoisotopic (exact) mass is 1370 g/mol. The second kappa shape index (κ2) is 37.6. The van der Waals surface area contributed by atoms with E-state index in [1.807, 2.05) is 54.6 Å². The third kappa shape index (κ3) is 25.2. The van der Waals surface area contributed by atoms with Crippen LogP contribution in [0.4, 0.5) is 0 Å². The number of aliphatic carboxylic acids is 1. The molecule has 9 heterocycles. The molecule has 0 atom stereocenters. The van der Waals surface area contributed by atoms with Gasteiger partial charge in [-0.3, -0.25) is 19.0 Å². The lowest BCUT2D eigenvalue weighted by Gasteiger charge is -2.07. The first-order valence-electron chi connectivity index (χ1n) is 26.0. The molecule has 90 heavy (non-hydrogen) atoms. The SMILES string of the molecule is C.C.Cc1cc(Cl)nc(Cl)n1.NCc1ccc2c(c1)OCO2.O=C(CCc1cc(Cl)nc(-n2ccnc2)n1)NCc1ccc2c(c1)OCO2.O=C(CCc1cc(Cl)nc(Cl)n1)NCc1ccc2c(c1)OCO2.O=C(O)CCc1cc(Cl)nc(Cl)n1.c1c[nH]cn1. The number of aromatic amines is 1. The summed E-state index contributed by atoms with van der Waals surface area (Å²) in [5.74, 6) is 3.82. The molecule has 0 saturated carbocycles. The molecule has 6 aromatic heterocycles. The van der Waals surface area contributed by atoms with Gasteiger partial charge in [-0.05, 0) is 132 Å². The standard InChI is InChI=1S/C18H16ClN5O3.C15H13Cl2N3O3.C8H9NO2.C7H6Cl2N2O2.C5H4Cl2N2.C3H4N2.2CH4/c19-16-8-13(22-18(23-16)24-6-5-20-10-24)2-4-17(25)21-9-12-1-3-14-15(7-12)27-11-26-14;16-13-6-10(19-15(17)20-13)2-4-14(21)18-7-9-1-3-11-12(5-9)23-8-22-11;9-4-6-1-2-7-8(3-6)11-5-10-7;8-5-3-4(1-2-6(12)13)10-7(9)11-5;1-3-2-4(6)9-5(7)8-3;1-2-5-3-4-1;;/h1,3,5-8,10H,2,4,9,11H2,(H,21,25);1,3,5-6H,2,4,7-8H2,(H,18,21);1-3H,4-5,9H2;3H,1-2H2,(H,12,13);2H,1H3;1-3H,(H,4,5);2*1H4. The molecule has 3 aromatic carbocycles. The normalized spacial score (nSPS) is 11.3. The number of carboxylic acids is 1. The highest BCUT2D eigenvalue weighted by molar-refractivity contribution is 6.32. The smallest absolute Gasteiger partial charge is 0.303 e. The number of rotatable bonds is 15. The van der Waals surface area contributed by atoms with Gasteiger partial charge < -0.3 is 54.9 Å². The third-order valence-corrected chi connectivity index (χ3v) is 12.7. The van der Waals surface area contributed by atoms with E-state index in [9.17, 15) is 14.4 Å². The number of nitrogens with two attached hydrogens (primary N) is 1. The fourth-order valence-corrected chi connectivity index (χ4v) is 8.98. The van der Waals surface area contributed by atoms with E-state index in [2.05, 4.69) is 65.5 Å². The first-order chi connectivity index (χ1) is 42.4. The Balaban J connectivity index is 0.000000210. The van der Waals surface area contributed by atoms with E-state index < -0.39 is 5.97 Å². The van der Waals surface area contributed by atoms with Gasteiger partial charge in [-0.1, -0.05) is 79.5 Å². The van der Waals surface area contributed by atoms with Crippen LogP contribution in [0.3, 0.4) is 0 Å². The first-order valence-corrected chi connectivity index (χ1v) is 28.7. The number of amides is 2. The molecule has 0 fully saturated rings. The van der Waals surface area contributed by atoms with Crippen LogP contribution >= 0.6 is 81.2 Å². The van der Waals surface area contributed by atoms with Crippen LogP contribution in [-0.2, 0) is 53.3 Å². The van der Waals surface area contributed by atoms with Crippen molar-refractivity contribution in [1.82, 2.24) is 70.0 Å². The molecule has 3 aliphatic heterocycles. The minimum atomic E-state index is -0.883. The highest BCUT2D eigenvalue weighted by Gasteiger charge is 2.17. The van der Waals surface area contributed by atoms with E-state index in [0.29, 0.717) is 96.9 Å². The Morgan fingerprint density at radius 1 is 0.533 bits per heavy atom. The Hall–Kier alpha value is -8.40. The van der Waals surface area contributed by atoms with Gasteiger partial charge in [0.05, 0.1) is 12.7 Å².